The van der Waals surface area contributed by atoms with Crippen LogP contribution >= 0.6 is 11.6 Å². The number of nitrogens with zero attached hydrogens (tertiary/aromatic N) is 1. The van der Waals surface area contributed by atoms with Gasteiger partial charge in [0.1, 0.15) is 5.58 Å². The van der Waals surface area contributed by atoms with Crippen molar-refractivity contribution >= 4 is 39.2 Å². The second-order valence-electron chi connectivity index (χ2n) is 5.68. The fourth-order valence-corrected chi connectivity index (χ4v) is 3.14. The van der Waals surface area contributed by atoms with Gasteiger partial charge in [-0.3, -0.25) is 4.79 Å². The Morgan fingerprint density at radius 1 is 1.12 bits per heavy atom. The number of fused-ring (bicyclic) bond motifs is 2. The number of halogens is 1. The van der Waals surface area contributed by atoms with Crippen LogP contribution in [0.15, 0.2) is 45.6 Å². The molecule has 0 saturated heterocycles. The molecule has 1 heterocycles. The smallest absolute Gasteiger partial charge is 0.202 e. The summed E-state index contributed by atoms with van der Waals surface area (Å²) in [4.78, 5) is 15.2. The van der Waals surface area contributed by atoms with Gasteiger partial charge in [-0.05, 0) is 37.4 Å². The maximum atomic E-state index is 12.9. The van der Waals surface area contributed by atoms with E-state index in [1.54, 1.807) is 24.3 Å². The molecule has 0 saturated carbocycles. The van der Waals surface area contributed by atoms with E-state index in [4.69, 9.17) is 16.0 Å². The van der Waals surface area contributed by atoms with E-state index in [0.717, 1.165) is 31.9 Å². The van der Waals surface area contributed by atoms with E-state index in [2.05, 4.69) is 24.1 Å². The Labute approximate surface area is 146 Å². The molecular weight excluding hydrogens is 324 g/mol. The molecule has 1 N–H and O–H groups in total. The molecule has 1 aromatic heterocycles. The molecule has 0 radical (unpaired) electrons. The van der Waals surface area contributed by atoms with Crippen molar-refractivity contribution in [2.45, 2.75) is 13.8 Å². The van der Waals surface area contributed by atoms with E-state index in [0.29, 0.717) is 27.0 Å². The number of rotatable bonds is 6. The Hall–Kier alpha value is -2.04. The maximum absolute atomic E-state index is 12.9. The summed E-state index contributed by atoms with van der Waals surface area (Å²) in [5.41, 5.74) is 1.74. The van der Waals surface area contributed by atoms with Crippen molar-refractivity contribution in [3.63, 3.8) is 0 Å². The van der Waals surface area contributed by atoms with Crippen LogP contribution in [0.25, 0.3) is 21.9 Å². The van der Waals surface area contributed by atoms with Gasteiger partial charge in [0.2, 0.25) is 5.43 Å². The van der Waals surface area contributed by atoms with E-state index in [1.165, 1.54) is 0 Å². The SMILES string of the molecule is CCN(CC)CCNc1cccc2oc3c(Cl)cccc3c(=O)c12. The summed E-state index contributed by atoms with van der Waals surface area (Å²) in [5, 5.41) is 4.91. The van der Waals surface area contributed by atoms with Gasteiger partial charge in [-0.1, -0.05) is 37.6 Å². The first-order chi connectivity index (χ1) is 11.7. The molecule has 24 heavy (non-hydrogen) atoms. The Kier molecular flexibility index (Phi) is 5.07. The molecule has 0 fully saturated rings. The molecule has 0 aliphatic rings. The van der Waals surface area contributed by atoms with Gasteiger partial charge < -0.3 is 14.6 Å². The van der Waals surface area contributed by atoms with Crippen LogP contribution in [0.1, 0.15) is 13.8 Å². The lowest BCUT2D eigenvalue weighted by Gasteiger charge is -2.18. The van der Waals surface area contributed by atoms with Crippen LogP contribution in [-0.2, 0) is 0 Å². The summed E-state index contributed by atoms with van der Waals surface area (Å²) in [6.45, 7) is 8.01. The molecule has 0 bridgehead atoms. The Bertz CT molecular complexity index is 916. The van der Waals surface area contributed by atoms with Crippen LogP contribution in [0.2, 0.25) is 5.02 Å². The third-order valence-electron chi connectivity index (χ3n) is 4.31. The largest absolute Gasteiger partial charge is 0.454 e. The fraction of sp³-hybridized carbons (Fsp3) is 0.316. The van der Waals surface area contributed by atoms with E-state index in [9.17, 15) is 4.79 Å². The third-order valence-corrected chi connectivity index (χ3v) is 4.61. The minimum atomic E-state index is -0.0558. The zero-order valence-electron chi connectivity index (χ0n) is 13.9. The minimum absolute atomic E-state index is 0.0558. The predicted molar refractivity (Wildman–Crippen MR) is 101 cm³/mol. The van der Waals surface area contributed by atoms with Crippen LogP contribution in [0.4, 0.5) is 5.69 Å². The van der Waals surface area contributed by atoms with Crippen molar-refractivity contribution in [2.24, 2.45) is 0 Å². The van der Waals surface area contributed by atoms with Crippen molar-refractivity contribution in [3.05, 3.63) is 51.6 Å². The number of anilines is 1. The number of nitrogens with one attached hydrogen (secondary N) is 1. The first kappa shape index (κ1) is 16.8. The standard InChI is InChI=1S/C19H21ClN2O2/c1-3-22(4-2)12-11-21-15-9-6-10-16-17(15)18(23)13-7-5-8-14(20)19(13)24-16/h5-10,21H,3-4,11-12H2,1-2H3. The fourth-order valence-electron chi connectivity index (χ4n) is 2.92. The maximum Gasteiger partial charge on any atom is 0.202 e. The van der Waals surface area contributed by atoms with Crippen molar-refractivity contribution in [3.8, 4) is 0 Å². The summed E-state index contributed by atoms with van der Waals surface area (Å²) in [5.74, 6) is 0. The van der Waals surface area contributed by atoms with Crippen molar-refractivity contribution in [2.75, 3.05) is 31.5 Å². The molecule has 0 atom stereocenters. The highest BCUT2D eigenvalue weighted by molar-refractivity contribution is 6.34. The van der Waals surface area contributed by atoms with Gasteiger partial charge in [0.25, 0.3) is 0 Å². The summed E-state index contributed by atoms with van der Waals surface area (Å²) < 4.78 is 5.89. The molecule has 2 aromatic carbocycles. The van der Waals surface area contributed by atoms with Gasteiger partial charge in [-0.15, -0.1) is 0 Å². The first-order valence-electron chi connectivity index (χ1n) is 8.26. The Morgan fingerprint density at radius 2 is 1.88 bits per heavy atom. The quantitative estimate of drug-likeness (QED) is 0.675. The lowest BCUT2D eigenvalue weighted by atomic mass is 10.1. The van der Waals surface area contributed by atoms with E-state index in [-0.39, 0.29) is 5.43 Å². The molecule has 3 rings (SSSR count). The summed E-state index contributed by atoms with van der Waals surface area (Å²) >= 11 is 6.17. The molecule has 0 spiro atoms. The van der Waals surface area contributed by atoms with E-state index in [1.807, 2.05) is 12.1 Å². The zero-order chi connectivity index (χ0) is 17.1. The Balaban J connectivity index is 2.02. The molecular formula is C19H21ClN2O2. The minimum Gasteiger partial charge on any atom is -0.454 e. The average Bonchev–Trinajstić information content (AvgIpc) is 2.60. The van der Waals surface area contributed by atoms with Crippen LogP contribution in [0.5, 0.6) is 0 Å². The van der Waals surface area contributed by atoms with Crippen LogP contribution < -0.4 is 10.7 Å². The highest BCUT2D eigenvalue weighted by Crippen LogP contribution is 2.28. The summed E-state index contributed by atoms with van der Waals surface area (Å²) in [6.07, 6.45) is 0. The number of hydrogen-bond donors (Lipinski definition) is 1. The third kappa shape index (κ3) is 3.12. The summed E-state index contributed by atoms with van der Waals surface area (Å²) in [7, 11) is 0. The van der Waals surface area contributed by atoms with Gasteiger partial charge >= 0.3 is 0 Å². The van der Waals surface area contributed by atoms with Crippen LogP contribution in [0, 0.1) is 0 Å². The topological polar surface area (TPSA) is 45.5 Å². The molecule has 5 heteroatoms. The molecule has 0 aliphatic heterocycles. The molecule has 3 aromatic rings. The number of hydrogen-bond acceptors (Lipinski definition) is 4. The lowest BCUT2D eigenvalue weighted by Crippen LogP contribution is -2.28. The van der Waals surface area contributed by atoms with Crippen molar-refractivity contribution < 1.29 is 4.42 Å². The van der Waals surface area contributed by atoms with E-state index < -0.39 is 0 Å². The van der Waals surface area contributed by atoms with Gasteiger partial charge in [0.15, 0.2) is 5.58 Å². The molecule has 0 aliphatic carbocycles. The predicted octanol–water partition coefficient (Wildman–Crippen LogP) is 4.35. The monoisotopic (exact) mass is 344 g/mol. The first-order valence-corrected chi connectivity index (χ1v) is 8.63. The molecule has 0 amide bonds. The van der Waals surface area contributed by atoms with Gasteiger partial charge in [-0.25, -0.2) is 0 Å². The van der Waals surface area contributed by atoms with Crippen LogP contribution in [-0.4, -0.2) is 31.1 Å². The second-order valence-corrected chi connectivity index (χ2v) is 6.09. The average molecular weight is 345 g/mol. The second kappa shape index (κ2) is 7.24. The summed E-state index contributed by atoms with van der Waals surface area (Å²) in [6, 6.07) is 10.8. The number of benzene rings is 2. The zero-order valence-corrected chi connectivity index (χ0v) is 14.7. The van der Waals surface area contributed by atoms with Gasteiger partial charge in [0, 0.05) is 18.8 Å². The molecule has 0 unspecified atom stereocenters. The van der Waals surface area contributed by atoms with E-state index >= 15 is 0 Å². The highest BCUT2D eigenvalue weighted by Gasteiger charge is 2.13. The highest BCUT2D eigenvalue weighted by atomic mass is 35.5. The van der Waals surface area contributed by atoms with Gasteiger partial charge in [-0.2, -0.15) is 0 Å². The van der Waals surface area contributed by atoms with Crippen molar-refractivity contribution in [1.82, 2.24) is 4.90 Å². The number of likely N-dealkylation sites (N-methyl/N-ethyl adjacent to an activating group) is 1. The van der Waals surface area contributed by atoms with Crippen molar-refractivity contribution in [1.29, 1.82) is 0 Å². The van der Waals surface area contributed by atoms with Crippen LogP contribution in [0.3, 0.4) is 0 Å². The molecule has 126 valence electrons. The van der Waals surface area contributed by atoms with Gasteiger partial charge in [0.05, 0.1) is 15.8 Å². The lowest BCUT2D eigenvalue weighted by molar-refractivity contribution is 0.316. The molecule has 4 nitrogen and oxygen atoms in total. The number of para-hydroxylation sites is 1. The Morgan fingerprint density at radius 3 is 2.62 bits per heavy atom. The normalized spacial score (nSPS) is 11.5.